The number of rotatable bonds is 4. The normalized spacial score (nSPS) is 18.8. The van der Waals surface area contributed by atoms with Crippen molar-refractivity contribution in [1.82, 2.24) is 15.5 Å². The van der Waals surface area contributed by atoms with Crippen molar-refractivity contribution >= 4 is 24.2 Å². The summed E-state index contributed by atoms with van der Waals surface area (Å²) in [5.74, 6) is 0.211. The maximum atomic E-state index is 11.8. The van der Waals surface area contributed by atoms with E-state index in [4.69, 9.17) is 0 Å². The molecule has 1 fully saturated rings. The van der Waals surface area contributed by atoms with Crippen molar-refractivity contribution in [2.75, 3.05) is 33.7 Å². The van der Waals surface area contributed by atoms with Gasteiger partial charge in [0.25, 0.3) is 0 Å². The van der Waals surface area contributed by atoms with Crippen LogP contribution in [0.2, 0.25) is 0 Å². The molecule has 0 aromatic heterocycles. The van der Waals surface area contributed by atoms with Crippen molar-refractivity contribution in [3.63, 3.8) is 0 Å². The first-order valence-electron chi connectivity index (χ1n) is 5.31. The molecule has 1 aliphatic heterocycles. The zero-order chi connectivity index (χ0) is 11.3. The molecule has 0 unspecified atom stereocenters. The van der Waals surface area contributed by atoms with Crippen LogP contribution in [0.3, 0.4) is 0 Å². The Bertz CT molecular complexity index is 242. The number of halogens is 1. The molecular formula is C10H20ClN3O2. The van der Waals surface area contributed by atoms with Crippen LogP contribution >= 0.6 is 12.4 Å². The van der Waals surface area contributed by atoms with Gasteiger partial charge in [-0.05, 0) is 13.0 Å². The highest BCUT2D eigenvalue weighted by molar-refractivity contribution is 5.85. The molecular weight excluding hydrogens is 230 g/mol. The molecule has 2 amide bonds. The van der Waals surface area contributed by atoms with Crippen molar-refractivity contribution in [2.45, 2.75) is 12.8 Å². The molecule has 94 valence electrons. The van der Waals surface area contributed by atoms with Gasteiger partial charge in [0.05, 0.1) is 5.92 Å². The van der Waals surface area contributed by atoms with Gasteiger partial charge in [-0.1, -0.05) is 0 Å². The van der Waals surface area contributed by atoms with E-state index >= 15 is 0 Å². The lowest BCUT2D eigenvalue weighted by atomic mass is 10.1. The van der Waals surface area contributed by atoms with Crippen molar-refractivity contribution in [3.8, 4) is 0 Å². The fraction of sp³-hybridized carbons (Fsp3) is 0.800. The van der Waals surface area contributed by atoms with Crippen LogP contribution in [0, 0.1) is 5.92 Å². The van der Waals surface area contributed by atoms with Gasteiger partial charge in [0.2, 0.25) is 11.8 Å². The average Bonchev–Trinajstić information content (AvgIpc) is 2.77. The van der Waals surface area contributed by atoms with E-state index in [9.17, 15) is 9.59 Å². The Kier molecular flexibility index (Phi) is 7.08. The molecule has 1 saturated heterocycles. The SMILES string of the molecule is CNC(=O)CCN(C)C(=O)[C@H]1CCNC1.Cl. The second-order valence-corrected chi connectivity index (χ2v) is 3.87. The molecule has 16 heavy (non-hydrogen) atoms. The molecule has 0 radical (unpaired) electrons. The summed E-state index contributed by atoms with van der Waals surface area (Å²) in [6.45, 7) is 2.18. The van der Waals surface area contributed by atoms with Gasteiger partial charge in [-0.25, -0.2) is 0 Å². The van der Waals surface area contributed by atoms with Crippen molar-refractivity contribution in [2.24, 2.45) is 5.92 Å². The molecule has 1 atom stereocenters. The van der Waals surface area contributed by atoms with Crippen LogP contribution in [0.1, 0.15) is 12.8 Å². The maximum absolute atomic E-state index is 11.8. The monoisotopic (exact) mass is 249 g/mol. The highest BCUT2D eigenvalue weighted by Crippen LogP contribution is 2.10. The van der Waals surface area contributed by atoms with Crippen LogP contribution < -0.4 is 10.6 Å². The van der Waals surface area contributed by atoms with Crippen LogP contribution in [0.25, 0.3) is 0 Å². The molecule has 0 aromatic rings. The third kappa shape index (κ3) is 4.37. The van der Waals surface area contributed by atoms with E-state index < -0.39 is 0 Å². The third-order valence-electron chi connectivity index (χ3n) is 2.74. The number of hydrogen-bond donors (Lipinski definition) is 2. The zero-order valence-electron chi connectivity index (χ0n) is 9.78. The largest absolute Gasteiger partial charge is 0.359 e. The summed E-state index contributed by atoms with van der Waals surface area (Å²) in [6.07, 6.45) is 1.28. The lowest BCUT2D eigenvalue weighted by molar-refractivity contribution is -0.134. The molecule has 2 N–H and O–H groups in total. The molecule has 1 rings (SSSR count). The Hall–Kier alpha value is -0.810. The number of carbonyl (C=O) groups excluding carboxylic acids is 2. The Balaban J connectivity index is 0.00000225. The summed E-state index contributed by atoms with van der Waals surface area (Å²) in [5, 5.41) is 5.70. The van der Waals surface area contributed by atoms with Gasteiger partial charge in [0, 0.05) is 33.6 Å². The maximum Gasteiger partial charge on any atom is 0.226 e. The smallest absolute Gasteiger partial charge is 0.226 e. The van der Waals surface area contributed by atoms with Crippen LogP contribution in [-0.2, 0) is 9.59 Å². The predicted octanol–water partition coefficient (Wildman–Crippen LogP) is -0.388. The van der Waals surface area contributed by atoms with E-state index in [2.05, 4.69) is 10.6 Å². The quantitative estimate of drug-likeness (QED) is 0.714. The summed E-state index contributed by atoms with van der Waals surface area (Å²) in [7, 11) is 3.36. The molecule has 0 saturated carbocycles. The van der Waals surface area contributed by atoms with Gasteiger partial charge in [-0.3, -0.25) is 9.59 Å². The van der Waals surface area contributed by atoms with Gasteiger partial charge in [-0.2, -0.15) is 0 Å². The van der Waals surface area contributed by atoms with Gasteiger partial charge in [0.15, 0.2) is 0 Å². The molecule has 1 heterocycles. The summed E-state index contributed by atoms with van der Waals surface area (Å²) < 4.78 is 0. The first kappa shape index (κ1) is 15.2. The first-order chi connectivity index (χ1) is 7.15. The standard InChI is InChI=1S/C10H19N3O2.ClH/c1-11-9(14)4-6-13(2)10(15)8-3-5-12-7-8;/h8,12H,3-7H2,1-2H3,(H,11,14);1H/t8-;/m0./s1. The zero-order valence-corrected chi connectivity index (χ0v) is 10.6. The van der Waals surface area contributed by atoms with Gasteiger partial charge in [-0.15, -0.1) is 12.4 Å². The van der Waals surface area contributed by atoms with E-state index in [0.29, 0.717) is 13.0 Å². The fourth-order valence-corrected chi connectivity index (χ4v) is 1.68. The molecule has 0 aliphatic carbocycles. The molecule has 5 nitrogen and oxygen atoms in total. The minimum absolute atomic E-state index is 0. The summed E-state index contributed by atoms with van der Waals surface area (Å²) >= 11 is 0. The van der Waals surface area contributed by atoms with Crippen molar-refractivity contribution < 1.29 is 9.59 Å². The highest BCUT2D eigenvalue weighted by atomic mass is 35.5. The second-order valence-electron chi connectivity index (χ2n) is 3.87. The number of hydrogen-bond acceptors (Lipinski definition) is 3. The summed E-state index contributed by atoms with van der Waals surface area (Å²) in [5.41, 5.74) is 0. The number of carbonyl (C=O) groups is 2. The number of nitrogens with zero attached hydrogens (tertiary/aromatic N) is 1. The Morgan fingerprint density at radius 3 is 2.69 bits per heavy atom. The second kappa shape index (κ2) is 7.46. The average molecular weight is 250 g/mol. The van der Waals surface area contributed by atoms with Crippen LogP contribution in [0.5, 0.6) is 0 Å². The lowest BCUT2D eigenvalue weighted by Crippen LogP contribution is -2.36. The Morgan fingerprint density at radius 2 is 2.19 bits per heavy atom. The topological polar surface area (TPSA) is 61.4 Å². The van der Waals surface area contributed by atoms with Crippen LogP contribution in [-0.4, -0.2) is 50.4 Å². The van der Waals surface area contributed by atoms with Crippen LogP contribution in [0.15, 0.2) is 0 Å². The molecule has 0 aromatic carbocycles. The molecule has 6 heteroatoms. The lowest BCUT2D eigenvalue weighted by Gasteiger charge is -2.20. The number of nitrogens with one attached hydrogen (secondary N) is 2. The Labute approximate surface area is 102 Å². The molecule has 0 spiro atoms. The fourth-order valence-electron chi connectivity index (χ4n) is 1.68. The third-order valence-corrected chi connectivity index (χ3v) is 2.74. The minimum atomic E-state index is -0.0285. The van der Waals surface area contributed by atoms with Gasteiger partial charge >= 0.3 is 0 Å². The van der Waals surface area contributed by atoms with E-state index in [1.165, 1.54) is 0 Å². The van der Waals surface area contributed by atoms with E-state index in [1.807, 2.05) is 0 Å². The van der Waals surface area contributed by atoms with Crippen molar-refractivity contribution in [1.29, 1.82) is 0 Å². The summed E-state index contributed by atoms with van der Waals surface area (Å²) in [4.78, 5) is 24.4. The first-order valence-corrected chi connectivity index (χ1v) is 5.31. The van der Waals surface area contributed by atoms with Gasteiger partial charge < -0.3 is 15.5 Å². The van der Waals surface area contributed by atoms with Crippen LogP contribution in [0.4, 0.5) is 0 Å². The van der Waals surface area contributed by atoms with E-state index in [-0.39, 0.29) is 30.1 Å². The number of amides is 2. The highest BCUT2D eigenvalue weighted by Gasteiger charge is 2.25. The van der Waals surface area contributed by atoms with Gasteiger partial charge in [0.1, 0.15) is 0 Å². The Morgan fingerprint density at radius 1 is 1.50 bits per heavy atom. The molecule has 1 aliphatic rings. The predicted molar refractivity (Wildman–Crippen MR) is 64.5 cm³/mol. The van der Waals surface area contributed by atoms with Crippen molar-refractivity contribution in [3.05, 3.63) is 0 Å². The minimum Gasteiger partial charge on any atom is -0.359 e. The molecule has 0 bridgehead atoms. The van der Waals surface area contributed by atoms with E-state index in [0.717, 1.165) is 19.5 Å². The van der Waals surface area contributed by atoms with E-state index in [1.54, 1.807) is 19.0 Å². The summed E-state index contributed by atoms with van der Waals surface area (Å²) in [6, 6.07) is 0.